The summed E-state index contributed by atoms with van der Waals surface area (Å²) in [5, 5.41) is 15.0. The van der Waals surface area contributed by atoms with E-state index in [4.69, 9.17) is 14.2 Å². The van der Waals surface area contributed by atoms with Gasteiger partial charge in [0, 0.05) is 23.3 Å². The van der Waals surface area contributed by atoms with Crippen LogP contribution in [0.2, 0.25) is 0 Å². The smallest absolute Gasteiger partial charge is 0.311 e. The van der Waals surface area contributed by atoms with Crippen molar-refractivity contribution in [1.82, 2.24) is 5.43 Å². The number of rotatable bonds is 7. The molecule has 0 aliphatic rings. The molecular formula is C17H16IN3O6. The van der Waals surface area contributed by atoms with E-state index in [0.29, 0.717) is 22.6 Å². The fourth-order valence-electron chi connectivity index (χ4n) is 2.18. The SMILES string of the molecule is COc1cc(C(=O)N/N=C\c2cc([N+](=O)[O-])c(OC)cc2OC)ccc1I. The number of benzene rings is 2. The van der Waals surface area contributed by atoms with Gasteiger partial charge in [0.25, 0.3) is 5.91 Å². The van der Waals surface area contributed by atoms with Crippen molar-refractivity contribution in [3.05, 3.63) is 55.1 Å². The van der Waals surface area contributed by atoms with Crippen LogP contribution in [-0.4, -0.2) is 38.4 Å². The number of ether oxygens (including phenoxy) is 3. The van der Waals surface area contributed by atoms with E-state index < -0.39 is 10.8 Å². The summed E-state index contributed by atoms with van der Waals surface area (Å²) in [5.41, 5.74) is 2.79. The van der Waals surface area contributed by atoms with E-state index in [2.05, 4.69) is 33.1 Å². The van der Waals surface area contributed by atoms with Crippen LogP contribution in [0.25, 0.3) is 0 Å². The van der Waals surface area contributed by atoms with Gasteiger partial charge in [-0.1, -0.05) is 0 Å². The van der Waals surface area contributed by atoms with Crippen molar-refractivity contribution < 1.29 is 23.9 Å². The van der Waals surface area contributed by atoms with Gasteiger partial charge in [-0.25, -0.2) is 5.43 Å². The van der Waals surface area contributed by atoms with Gasteiger partial charge in [-0.2, -0.15) is 5.10 Å². The molecule has 0 saturated carbocycles. The molecule has 0 aliphatic heterocycles. The van der Waals surface area contributed by atoms with Gasteiger partial charge in [-0.05, 0) is 40.8 Å². The van der Waals surface area contributed by atoms with Crippen molar-refractivity contribution in [2.75, 3.05) is 21.3 Å². The fraction of sp³-hybridized carbons (Fsp3) is 0.176. The first-order chi connectivity index (χ1) is 12.9. The minimum absolute atomic E-state index is 0.0593. The Morgan fingerprint density at radius 1 is 1.11 bits per heavy atom. The van der Waals surface area contributed by atoms with Crippen molar-refractivity contribution >= 4 is 40.4 Å². The van der Waals surface area contributed by atoms with Gasteiger partial charge in [-0.15, -0.1) is 0 Å². The number of nitrogens with one attached hydrogen (secondary N) is 1. The topological polar surface area (TPSA) is 112 Å². The number of halogens is 1. The van der Waals surface area contributed by atoms with Crippen molar-refractivity contribution in [2.24, 2.45) is 5.10 Å². The van der Waals surface area contributed by atoms with Crippen LogP contribution in [0.1, 0.15) is 15.9 Å². The Hall–Kier alpha value is -2.89. The van der Waals surface area contributed by atoms with Crippen LogP contribution in [0.15, 0.2) is 35.4 Å². The predicted molar refractivity (Wildman–Crippen MR) is 107 cm³/mol. The van der Waals surface area contributed by atoms with Gasteiger partial charge in [0.05, 0.1) is 36.0 Å². The summed E-state index contributed by atoms with van der Waals surface area (Å²) in [6.45, 7) is 0. The lowest BCUT2D eigenvalue weighted by atomic mass is 10.1. The van der Waals surface area contributed by atoms with Gasteiger partial charge < -0.3 is 14.2 Å². The van der Waals surface area contributed by atoms with Crippen LogP contribution < -0.4 is 19.6 Å². The molecule has 142 valence electrons. The fourth-order valence-corrected chi connectivity index (χ4v) is 2.73. The molecule has 0 bridgehead atoms. The first-order valence-corrected chi connectivity index (χ1v) is 8.56. The number of hydrogen-bond acceptors (Lipinski definition) is 7. The second-order valence-electron chi connectivity index (χ2n) is 5.07. The van der Waals surface area contributed by atoms with Crippen LogP contribution in [-0.2, 0) is 0 Å². The third-order valence-corrected chi connectivity index (χ3v) is 4.40. The van der Waals surface area contributed by atoms with Crippen molar-refractivity contribution in [1.29, 1.82) is 0 Å². The maximum absolute atomic E-state index is 12.2. The molecule has 1 amide bonds. The van der Waals surface area contributed by atoms with E-state index in [1.807, 2.05) is 0 Å². The Labute approximate surface area is 168 Å². The summed E-state index contributed by atoms with van der Waals surface area (Å²) < 4.78 is 16.2. The Kier molecular flexibility index (Phi) is 6.93. The van der Waals surface area contributed by atoms with E-state index in [1.165, 1.54) is 39.7 Å². The third-order valence-electron chi connectivity index (χ3n) is 3.51. The van der Waals surface area contributed by atoms with Gasteiger partial charge in [0.2, 0.25) is 5.75 Å². The van der Waals surface area contributed by atoms with E-state index >= 15 is 0 Å². The van der Waals surface area contributed by atoms with Crippen LogP contribution in [0.4, 0.5) is 5.69 Å². The number of nitro benzene ring substituents is 1. The highest BCUT2D eigenvalue weighted by Crippen LogP contribution is 2.33. The summed E-state index contributed by atoms with van der Waals surface area (Å²) in [4.78, 5) is 22.8. The van der Waals surface area contributed by atoms with E-state index in [1.54, 1.807) is 18.2 Å². The molecule has 0 atom stereocenters. The molecule has 2 aromatic carbocycles. The third kappa shape index (κ3) is 4.84. The number of hydrogen-bond donors (Lipinski definition) is 1. The zero-order valence-corrected chi connectivity index (χ0v) is 16.8. The van der Waals surface area contributed by atoms with Crippen LogP contribution in [0.3, 0.4) is 0 Å². The van der Waals surface area contributed by atoms with Gasteiger partial charge in [0.15, 0.2) is 0 Å². The molecule has 27 heavy (non-hydrogen) atoms. The number of amides is 1. The number of nitrogens with zero attached hydrogens (tertiary/aromatic N) is 2. The lowest BCUT2D eigenvalue weighted by Gasteiger charge is -2.08. The predicted octanol–water partition coefficient (Wildman–Crippen LogP) is 2.99. The Morgan fingerprint density at radius 2 is 1.78 bits per heavy atom. The van der Waals surface area contributed by atoms with E-state index in [0.717, 1.165) is 3.57 Å². The number of methoxy groups -OCH3 is 3. The Balaban J connectivity index is 2.23. The van der Waals surface area contributed by atoms with Crippen molar-refractivity contribution in [3.63, 3.8) is 0 Å². The highest BCUT2D eigenvalue weighted by molar-refractivity contribution is 14.1. The molecule has 0 unspecified atom stereocenters. The van der Waals surface area contributed by atoms with Gasteiger partial charge >= 0.3 is 5.69 Å². The quantitative estimate of drug-likeness (QED) is 0.279. The monoisotopic (exact) mass is 485 g/mol. The molecule has 10 heteroatoms. The largest absolute Gasteiger partial charge is 0.496 e. The molecule has 0 spiro atoms. The van der Waals surface area contributed by atoms with Crippen molar-refractivity contribution in [2.45, 2.75) is 0 Å². The molecule has 0 heterocycles. The van der Waals surface area contributed by atoms with Gasteiger partial charge in [-0.3, -0.25) is 14.9 Å². The second kappa shape index (κ2) is 9.16. The molecular weight excluding hydrogens is 469 g/mol. The molecule has 9 nitrogen and oxygen atoms in total. The minimum atomic E-state index is -0.577. The molecule has 1 N–H and O–H groups in total. The van der Waals surface area contributed by atoms with E-state index in [-0.39, 0.29) is 11.4 Å². The Bertz CT molecular complexity index is 900. The molecule has 0 saturated heterocycles. The van der Waals surface area contributed by atoms with Gasteiger partial charge in [0.1, 0.15) is 11.5 Å². The summed E-state index contributed by atoms with van der Waals surface area (Å²) in [7, 11) is 4.25. The van der Waals surface area contributed by atoms with Crippen LogP contribution in [0.5, 0.6) is 17.2 Å². The lowest BCUT2D eigenvalue weighted by Crippen LogP contribution is -2.17. The van der Waals surface area contributed by atoms with E-state index in [9.17, 15) is 14.9 Å². The first kappa shape index (κ1) is 20.4. The van der Waals surface area contributed by atoms with Crippen molar-refractivity contribution in [3.8, 4) is 17.2 Å². The Morgan fingerprint density at radius 3 is 2.37 bits per heavy atom. The lowest BCUT2D eigenvalue weighted by molar-refractivity contribution is -0.385. The molecule has 0 fully saturated rings. The van der Waals surface area contributed by atoms with Crippen LogP contribution >= 0.6 is 22.6 Å². The molecule has 0 aliphatic carbocycles. The average molecular weight is 485 g/mol. The van der Waals surface area contributed by atoms with Crippen LogP contribution in [0, 0.1) is 13.7 Å². The standard InChI is InChI=1S/C17H16IN3O6/c1-25-14-8-16(27-3)13(21(23)24)6-11(14)9-19-20-17(22)10-4-5-12(18)15(7-10)26-2/h4-9H,1-3H3,(H,20,22)/b19-9-. The summed E-state index contributed by atoms with van der Waals surface area (Å²) in [6, 6.07) is 7.60. The zero-order valence-electron chi connectivity index (χ0n) is 14.7. The summed E-state index contributed by atoms with van der Waals surface area (Å²) in [6.07, 6.45) is 1.26. The molecule has 0 radical (unpaired) electrons. The number of carbonyl (C=O) groups is 1. The first-order valence-electron chi connectivity index (χ1n) is 7.48. The number of hydrazone groups is 1. The molecule has 2 rings (SSSR count). The summed E-state index contributed by atoms with van der Waals surface area (Å²) in [5.74, 6) is 0.484. The normalized spacial score (nSPS) is 10.5. The highest BCUT2D eigenvalue weighted by atomic mass is 127. The number of carbonyl (C=O) groups excluding carboxylic acids is 1. The maximum Gasteiger partial charge on any atom is 0.311 e. The molecule has 0 aromatic heterocycles. The maximum atomic E-state index is 12.2. The minimum Gasteiger partial charge on any atom is -0.496 e. The highest BCUT2D eigenvalue weighted by Gasteiger charge is 2.19. The average Bonchev–Trinajstić information content (AvgIpc) is 2.67. The zero-order chi connectivity index (χ0) is 20.0. The number of nitro groups is 1. The second-order valence-corrected chi connectivity index (χ2v) is 6.23. The summed E-state index contributed by atoms with van der Waals surface area (Å²) >= 11 is 2.09. The molecule has 2 aromatic rings.